The molecule has 0 aliphatic rings. The second kappa shape index (κ2) is 6.04. The van der Waals surface area contributed by atoms with Crippen LogP contribution >= 0.6 is 0 Å². The first kappa shape index (κ1) is 14.5. The van der Waals surface area contributed by atoms with Crippen molar-refractivity contribution in [3.8, 4) is 0 Å². The Labute approximate surface area is 118 Å². The third-order valence-corrected chi connectivity index (χ3v) is 4.44. The second-order valence-corrected chi connectivity index (χ2v) is 6.78. The highest BCUT2D eigenvalue weighted by atomic mass is 32.2. The molecule has 0 fully saturated rings. The van der Waals surface area contributed by atoms with Gasteiger partial charge >= 0.3 is 6.01 Å². The van der Waals surface area contributed by atoms with Crippen molar-refractivity contribution in [2.24, 2.45) is 0 Å². The summed E-state index contributed by atoms with van der Waals surface area (Å²) in [7, 11) is -3.29. The lowest BCUT2D eigenvalue weighted by Crippen LogP contribution is -2.16. The lowest BCUT2D eigenvalue weighted by molar-refractivity contribution is 0.419. The number of nitrogens with one attached hydrogen (secondary N) is 1. The smallest absolute Gasteiger partial charge is 0.321 e. The summed E-state index contributed by atoms with van der Waals surface area (Å²) in [5, 5.41) is 6.62. The van der Waals surface area contributed by atoms with Gasteiger partial charge in [0.2, 0.25) is 0 Å². The molecule has 0 aliphatic heterocycles. The van der Waals surface area contributed by atoms with Gasteiger partial charge in [0, 0.05) is 12.5 Å². The standard InChI is InChI=1S/C13H17N3O3S/c1-10(2)12-15-13(19-16-12)14-8-9-20(17,18)11-6-4-3-5-7-11/h3-7,10H,8-9H2,1-2H3,(H,14,15,16). The summed E-state index contributed by atoms with van der Waals surface area (Å²) in [5.74, 6) is 0.733. The maximum atomic E-state index is 12.0. The van der Waals surface area contributed by atoms with Gasteiger partial charge in [0.25, 0.3) is 0 Å². The van der Waals surface area contributed by atoms with Crippen LogP contribution in [0.1, 0.15) is 25.6 Å². The molecule has 108 valence electrons. The van der Waals surface area contributed by atoms with Crippen molar-refractivity contribution in [3.63, 3.8) is 0 Å². The minimum atomic E-state index is -3.29. The molecule has 1 N–H and O–H groups in total. The number of rotatable bonds is 6. The van der Waals surface area contributed by atoms with E-state index < -0.39 is 9.84 Å². The van der Waals surface area contributed by atoms with E-state index in [4.69, 9.17) is 4.52 Å². The van der Waals surface area contributed by atoms with Crippen molar-refractivity contribution in [1.82, 2.24) is 10.1 Å². The summed E-state index contributed by atoms with van der Waals surface area (Å²) in [6.07, 6.45) is 0. The molecule has 0 saturated heterocycles. The first-order chi connectivity index (χ1) is 9.49. The molecule has 20 heavy (non-hydrogen) atoms. The van der Waals surface area contributed by atoms with Gasteiger partial charge in [-0.25, -0.2) is 8.42 Å². The quantitative estimate of drug-likeness (QED) is 0.878. The van der Waals surface area contributed by atoms with Crippen molar-refractivity contribution in [1.29, 1.82) is 0 Å². The Hall–Kier alpha value is -1.89. The largest absolute Gasteiger partial charge is 0.337 e. The number of hydrogen-bond donors (Lipinski definition) is 1. The third-order valence-electron chi connectivity index (χ3n) is 2.71. The molecule has 1 heterocycles. The van der Waals surface area contributed by atoms with Gasteiger partial charge in [-0.15, -0.1) is 0 Å². The highest BCUT2D eigenvalue weighted by molar-refractivity contribution is 7.91. The fourth-order valence-corrected chi connectivity index (χ4v) is 2.76. The lowest BCUT2D eigenvalue weighted by Gasteiger charge is -2.04. The molecule has 0 saturated carbocycles. The zero-order chi connectivity index (χ0) is 14.6. The molecule has 2 aromatic rings. The van der Waals surface area contributed by atoms with Gasteiger partial charge < -0.3 is 9.84 Å². The minimum Gasteiger partial charge on any atom is -0.337 e. The molecule has 0 bridgehead atoms. The van der Waals surface area contributed by atoms with E-state index in [2.05, 4.69) is 15.5 Å². The second-order valence-electron chi connectivity index (χ2n) is 4.67. The van der Waals surface area contributed by atoms with Crippen molar-refractivity contribution in [2.45, 2.75) is 24.7 Å². The fraction of sp³-hybridized carbons (Fsp3) is 0.385. The van der Waals surface area contributed by atoms with Crippen LogP contribution in [0.4, 0.5) is 6.01 Å². The summed E-state index contributed by atoms with van der Waals surface area (Å²) >= 11 is 0. The Morgan fingerprint density at radius 3 is 2.55 bits per heavy atom. The molecule has 0 amide bonds. The highest BCUT2D eigenvalue weighted by Crippen LogP contribution is 2.13. The molecule has 0 aliphatic carbocycles. The summed E-state index contributed by atoms with van der Waals surface area (Å²) in [6.45, 7) is 4.12. The van der Waals surface area contributed by atoms with E-state index in [0.717, 1.165) is 0 Å². The highest BCUT2D eigenvalue weighted by Gasteiger charge is 2.14. The summed E-state index contributed by atoms with van der Waals surface area (Å²) in [4.78, 5) is 4.43. The van der Waals surface area contributed by atoms with Gasteiger partial charge in [-0.3, -0.25) is 0 Å². The molecular formula is C13H17N3O3S. The average Bonchev–Trinajstić information content (AvgIpc) is 2.89. The molecule has 6 nitrogen and oxygen atoms in total. The van der Waals surface area contributed by atoms with Crippen LogP contribution in [0.15, 0.2) is 39.8 Å². The SMILES string of the molecule is CC(C)c1noc(NCCS(=O)(=O)c2ccccc2)n1. The lowest BCUT2D eigenvalue weighted by atomic mass is 10.2. The van der Waals surface area contributed by atoms with Gasteiger partial charge in [0.05, 0.1) is 10.6 Å². The zero-order valence-electron chi connectivity index (χ0n) is 11.4. The average molecular weight is 295 g/mol. The Morgan fingerprint density at radius 1 is 1.25 bits per heavy atom. The van der Waals surface area contributed by atoms with E-state index in [0.29, 0.717) is 10.7 Å². The van der Waals surface area contributed by atoms with Gasteiger partial charge in [0.15, 0.2) is 15.7 Å². The van der Waals surface area contributed by atoms with Gasteiger partial charge in [-0.2, -0.15) is 4.98 Å². The van der Waals surface area contributed by atoms with E-state index >= 15 is 0 Å². The van der Waals surface area contributed by atoms with E-state index in [1.54, 1.807) is 30.3 Å². The third kappa shape index (κ3) is 3.57. The molecule has 1 aromatic carbocycles. The van der Waals surface area contributed by atoms with Crippen LogP contribution in [0.3, 0.4) is 0 Å². The predicted molar refractivity (Wildman–Crippen MR) is 75.4 cm³/mol. The first-order valence-electron chi connectivity index (χ1n) is 6.34. The number of sulfone groups is 1. The topological polar surface area (TPSA) is 85.1 Å². The van der Waals surface area contributed by atoms with Gasteiger partial charge in [-0.05, 0) is 12.1 Å². The molecule has 2 rings (SSSR count). The van der Waals surface area contributed by atoms with Crippen LogP contribution in [0.2, 0.25) is 0 Å². The fourth-order valence-electron chi connectivity index (χ4n) is 1.58. The van der Waals surface area contributed by atoms with Gasteiger partial charge in [0.1, 0.15) is 0 Å². The molecular weight excluding hydrogens is 278 g/mol. The summed E-state index contributed by atoms with van der Waals surface area (Å²) < 4.78 is 29.0. The van der Waals surface area contributed by atoms with Crippen LogP contribution in [0.25, 0.3) is 0 Å². The minimum absolute atomic E-state index is 0.0313. The van der Waals surface area contributed by atoms with E-state index in [-0.39, 0.29) is 24.2 Å². The first-order valence-corrected chi connectivity index (χ1v) is 7.99. The van der Waals surface area contributed by atoms with Crippen molar-refractivity contribution in [3.05, 3.63) is 36.2 Å². The van der Waals surface area contributed by atoms with E-state index in [1.807, 2.05) is 13.8 Å². The van der Waals surface area contributed by atoms with Crippen LogP contribution in [0, 0.1) is 0 Å². The number of benzene rings is 1. The van der Waals surface area contributed by atoms with Crippen molar-refractivity contribution < 1.29 is 12.9 Å². The Balaban J connectivity index is 1.92. The molecule has 0 spiro atoms. The maximum absolute atomic E-state index is 12.0. The van der Waals surface area contributed by atoms with Crippen LogP contribution in [-0.2, 0) is 9.84 Å². The molecule has 0 unspecified atom stereocenters. The zero-order valence-corrected chi connectivity index (χ0v) is 12.2. The van der Waals surface area contributed by atoms with Crippen LogP contribution in [0.5, 0.6) is 0 Å². The van der Waals surface area contributed by atoms with Crippen LogP contribution in [-0.4, -0.2) is 30.9 Å². The molecule has 0 radical (unpaired) electrons. The number of anilines is 1. The summed E-state index contributed by atoms with van der Waals surface area (Å²) in [5.41, 5.74) is 0. The number of nitrogens with zero attached hydrogens (tertiary/aromatic N) is 2. The Kier molecular flexibility index (Phi) is 4.39. The summed E-state index contributed by atoms with van der Waals surface area (Å²) in [6, 6.07) is 8.60. The van der Waals surface area contributed by atoms with Crippen LogP contribution < -0.4 is 5.32 Å². The van der Waals surface area contributed by atoms with Gasteiger partial charge in [-0.1, -0.05) is 37.2 Å². The maximum Gasteiger partial charge on any atom is 0.321 e. The molecule has 1 aromatic heterocycles. The normalized spacial score (nSPS) is 11.8. The molecule has 7 heteroatoms. The molecule has 0 atom stereocenters. The van der Waals surface area contributed by atoms with Crippen molar-refractivity contribution in [2.75, 3.05) is 17.6 Å². The Bertz CT molecular complexity index is 651. The van der Waals surface area contributed by atoms with E-state index in [1.165, 1.54) is 0 Å². The monoisotopic (exact) mass is 295 g/mol. The Morgan fingerprint density at radius 2 is 1.95 bits per heavy atom. The van der Waals surface area contributed by atoms with E-state index in [9.17, 15) is 8.42 Å². The number of hydrogen-bond acceptors (Lipinski definition) is 6. The predicted octanol–water partition coefficient (Wildman–Crippen LogP) is 2.08. The number of aromatic nitrogens is 2. The van der Waals surface area contributed by atoms with Crippen molar-refractivity contribution >= 4 is 15.9 Å².